The molecule has 96 valence electrons. The van der Waals surface area contributed by atoms with E-state index in [9.17, 15) is 4.79 Å². The third-order valence-electron chi connectivity index (χ3n) is 2.65. The average molecular weight is 304 g/mol. The predicted molar refractivity (Wildman–Crippen MR) is 68.6 cm³/mol. The van der Waals surface area contributed by atoms with Gasteiger partial charge in [0.15, 0.2) is 0 Å². The van der Waals surface area contributed by atoms with Crippen LogP contribution in [-0.4, -0.2) is 34.9 Å². The monoisotopic (exact) mass is 303 g/mol. The summed E-state index contributed by atoms with van der Waals surface area (Å²) in [6, 6.07) is 0. The fourth-order valence-electron chi connectivity index (χ4n) is 1.68. The Bertz CT molecular complexity index is 381. The number of rotatable bonds is 6. The van der Waals surface area contributed by atoms with Gasteiger partial charge in [0.1, 0.15) is 5.54 Å². The molecule has 0 amide bonds. The fourth-order valence-corrected chi connectivity index (χ4v) is 2.00. The van der Waals surface area contributed by atoms with Crippen LogP contribution in [0.4, 0.5) is 0 Å². The summed E-state index contributed by atoms with van der Waals surface area (Å²) < 4.78 is 7.55. The highest BCUT2D eigenvalue weighted by Gasteiger charge is 2.33. The number of aromatic nitrogens is 2. The van der Waals surface area contributed by atoms with Crippen molar-refractivity contribution in [3.63, 3.8) is 0 Å². The number of nitrogens with one attached hydrogen (secondary N) is 1. The molecule has 1 rings (SSSR count). The van der Waals surface area contributed by atoms with Gasteiger partial charge < -0.3 is 10.1 Å². The van der Waals surface area contributed by atoms with E-state index in [-0.39, 0.29) is 5.97 Å². The highest BCUT2D eigenvalue weighted by molar-refractivity contribution is 9.10. The molecule has 0 saturated heterocycles. The Hall–Kier alpha value is -0.880. The van der Waals surface area contributed by atoms with Gasteiger partial charge in [-0.1, -0.05) is 6.92 Å². The highest BCUT2D eigenvalue weighted by Crippen LogP contribution is 2.14. The number of ether oxygens (including phenoxy) is 1. The van der Waals surface area contributed by atoms with Gasteiger partial charge in [0.25, 0.3) is 0 Å². The van der Waals surface area contributed by atoms with Crippen LogP contribution >= 0.6 is 15.9 Å². The second-order valence-electron chi connectivity index (χ2n) is 4.03. The van der Waals surface area contributed by atoms with Crippen molar-refractivity contribution in [3.05, 3.63) is 16.9 Å². The Kier molecular flexibility index (Phi) is 5.14. The minimum absolute atomic E-state index is 0.245. The minimum atomic E-state index is -0.665. The first-order valence-electron chi connectivity index (χ1n) is 5.53. The Morgan fingerprint density at radius 1 is 1.71 bits per heavy atom. The third-order valence-corrected chi connectivity index (χ3v) is 3.06. The Labute approximate surface area is 110 Å². The molecule has 1 unspecified atom stereocenters. The molecule has 17 heavy (non-hydrogen) atoms. The van der Waals surface area contributed by atoms with Crippen molar-refractivity contribution >= 4 is 21.9 Å². The van der Waals surface area contributed by atoms with Crippen LogP contribution in [0.25, 0.3) is 0 Å². The van der Waals surface area contributed by atoms with Gasteiger partial charge in [-0.25, -0.2) is 0 Å². The molecule has 5 nitrogen and oxygen atoms in total. The first-order valence-corrected chi connectivity index (χ1v) is 6.32. The molecule has 1 N–H and O–H groups in total. The molecular formula is C11H18BrN3O2. The lowest BCUT2D eigenvalue weighted by atomic mass is 9.98. The van der Waals surface area contributed by atoms with Gasteiger partial charge in [-0.3, -0.25) is 9.48 Å². The second kappa shape index (κ2) is 6.16. The molecule has 6 heteroatoms. The maximum absolute atomic E-state index is 11.7. The summed E-state index contributed by atoms with van der Waals surface area (Å²) in [4.78, 5) is 11.7. The number of carbonyl (C=O) groups is 1. The molecule has 1 aromatic heterocycles. The van der Waals surface area contributed by atoms with Crippen LogP contribution in [0.2, 0.25) is 0 Å². The maximum atomic E-state index is 11.7. The first kappa shape index (κ1) is 14.2. The number of hydrogen-bond donors (Lipinski definition) is 1. The molecule has 1 heterocycles. The van der Waals surface area contributed by atoms with Crippen LogP contribution in [-0.2, 0) is 16.1 Å². The van der Waals surface area contributed by atoms with Crippen LogP contribution in [0, 0.1) is 0 Å². The lowest BCUT2D eigenvalue weighted by molar-refractivity contribution is -0.148. The number of carbonyl (C=O) groups excluding carboxylic acids is 1. The van der Waals surface area contributed by atoms with Crippen LogP contribution in [0.15, 0.2) is 16.9 Å². The Morgan fingerprint density at radius 2 is 2.41 bits per heavy atom. The lowest BCUT2D eigenvalue weighted by Crippen LogP contribution is -2.50. The zero-order chi connectivity index (χ0) is 12.9. The van der Waals surface area contributed by atoms with E-state index in [0.29, 0.717) is 19.5 Å². The van der Waals surface area contributed by atoms with Gasteiger partial charge in [-0.2, -0.15) is 5.10 Å². The van der Waals surface area contributed by atoms with E-state index < -0.39 is 5.54 Å². The van der Waals surface area contributed by atoms with E-state index in [2.05, 4.69) is 26.3 Å². The topological polar surface area (TPSA) is 56.2 Å². The number of hydrogen-bond acceptors (Lipinski definition) is 4. The molecule has 0 spiro atoms. The predicted octanol–water partition coefficient (Wildman–Crippen LogP) is 1.58. The SMILES string of the molecule is CCNC(C)(CCn1cc(Br)cn1)C(=O)OC. The largest absolute Gasteiger partial charge is 0.468 e. The first-order chi connectivity index (χ1) is 8.01. The van der Waals surface area contributed by atoms with Gasteiger partial charge in [-0.15, -0.1) is 0 Å². The third kappa shape index (κ3) is 3.81. The molecule has 0 bridgehead atoms. The van der Waals surface area contributed by atoms with E-state index in [1.807, 2.05) is 20.0 Å². The molecule has 1 aromatic rings. The molecule has 0 fully saturated rings. The van der Waals surface area contributed by atoms with Crippen molar-refractivity contribution in [2.24, 2.45) is 0 Å². The van der Waals surface area contributed by atoms with E-state index in [0.717, 1.165) is 4.47 Å². The fraction of sp³-hybridized carbons (Fsp3) is 0.636. The maximum Gasteiger partial charge on any atom is 0.325 e. The molecule has 0 radical (unpaired) electrons. The standard InChI is InChI=1S/C11H18BrN3O2/c1-4-13-11(2,10(16)17-3)5-6-15-8-9(12)7-14-15/h7-8,13H,4-6H2,1-3H3. The lowest BCUT2D eigenvalue weighted by Gasteiger charge is -2.27. The number of nitrogens with zero attached hydrogens (tertiary/aromatic N) is 2. The van der Waals surface area contributed by atoms with E-state index in [4.69, 9.17) is 4.74 Å². The molecule has 1 atom stereocenters. The van der Waals surface area contributed by atoms with E-state index >= 15 is 0 Å². The van der Waals surface area contributed by atoms with Gasteiger partial charge in [0, 0.05) is 12.7 Å². The number of esters is 1. The molecular weight excluding hydrogens is 286 g/mol. The molecule has 0 saturated carbocycles. The Balaban J connectivity index is 2.64. The number of likely N-dealkylation sites (N-methyl/N-ethyl adjacent to an activating group) is 1. The van der Waals surface area contributed by atoms with Crippen molar-refractivity contribution in [1.29, 1.82) is 0 Å². The van der Waals surface area contributed by atoms with Crippen LogP contribution in [0.1, 0.15) is 20.3 Å². The van der Waals surface area contributed by atoms with Gasteiger partial charge in [0.05, 0.1) is 17.8 Å². The zero-order valence-electron chi connectivity index (χ0n) is 10.4. The number of methoxy groups -OCH3 is 1. The second-order valence-corrected chi connectivity index (χ2v) is 4.94. The summed E-state index contributed by atoms with van der Waals surface area (Å²) in [5.74, 6) is -0.245. The Morgan fingerprint density at radius 3 is 2.88 bits per heavy atom. The molecule has 0 aliphatic rings. The summed E-state index contributed by atoms with van der Waals surface area (Å²) in [5, 5.41) is 7.31. The number of halogens is 1. The van der Waals surface area contributed by atoms with Gasteiger partial charge in [0.2, 0.25) is 0 Å². The van der Waals surface area contributed by atoms with Crippen molar-refractivity contribution < 1.29 is 9.53 Å². The molecule has 0 aliphatic heterocycles. The number of aryl methyl sites for hydroxylation is 1. The van der Waals surface area contributed by atoms with Gasteiger partial charge >= 0.3 is 5.97 Å². The van der Waals surface area contributed by atoms with E-state index in [1.54, 1.807) is 10.9 Å². The highest BCUT2D eigenvalue weighted by atomic mass is 79.9. The zero-order valence-corrected chi connectivity index (χ0v) is 12.0. The summed E-state index contributed by atoms with van der Waals surface area (Å²) in [6.45, 7) is 5.19. The van der Waals surface area contributed by atoms with Crippen molar-refractivity contribution in [2.45, 2.75) is 32.4 Å². The van der Waals surface area contributed by atoms with Crippen LogP contribution in [0.5, 0.6) is 0 Å². The van der Waals surface area contributed by atoms with E-state index in [1.165, 1.54) is 7.11 Å². The van der Waals surface area contributed by atoms with Crippen LogP contribution < -0.4 is 5.32 Å². The average Bonchev–Trinajstić information content (AvgIpc) is 2.72. The summed E-state index contributed by atoms with van der Waals surface area (Å²) >= 11 is 3.34. The summed E-state index contributed by atoms with van der Waals surface area (Å²) in [6.07, 6.45) is 4.23. The van der Waals surface area contributed by atoms with Crippen molar-refractivity contribution in [3.8, 4) is 0 Å². The van der Waals surface area contributed by atoms with Gasteiger partial charge in [-0.05, 0) is 35.8 Å². The van der Waals surface area contributed by atoms with Crippen LogP contribution in [0.3, 0.4) is 0 Å². The summed E-state index contributed by atoms with van der Waals surface area (Å²) in [7, 11) is 1.41. The minimum Gasteiger partial charge on any atom is -0.468 e. The van der Waals surface area contributed by atoms with Crippen molar-refractivity contribution in [1.82, 2.24) is 15.1 Å². The molecule has 0 aliphatic carbocycles. The molecule has 0 aromatic carbocycles. The quantitative estimate of drug-likeness (QED) is 0.811. The summed E-state index contributed by atoms with van der Waals surface area (Å²) in [5.41, 5.74) is -0.665. The normalized spacial score (nSPS) is 14.4. The smallest absolute Gasteiger partial charge is 0.325 e. The van der Waals surface area contributed by atoms with Crippen molar-refractivity contribution in [2.75, 3.05) is 13.7 Å².